The molecule has 0 aliphatic heterocycles. The van der Waals surface area contributed by atoms with Crippen LogP contribution in [0.15, 0.2) is 84.9 Å². The molecule has 0 N–H and O–H groups in total. The summed E-state index contributed by atoms with van der Waals surface area (Å²) in [5, 5.41) is 0.330. The van der Waals surface area contributed by atoms with Gasteiger partial charge in [0.05, 0.1) is 11.3 Å². The highest BCUT2D eigenvalue weighted by Crippen LogP contribution is 2.37. The van der Waals surface area contributed by atoms with Gasteiger partial charge in [-0.3, -0.25) is 4.79 Å². The molecule has 35 heavy (non-hydrogen) atoms. The fourth-order valence-corrected chi connectivity index (χ4v) is 4.29. The molecule has 2 nitrogen and oxygen atoms in total. The Morgan fingerprint density at radius 1 is 0.600 bits per heavy atom. The number of ketones is 1. The summed E-state index contributed by atoms with van der Waals surface area (Å²) in [6.07, 6.45) is 0. The minimum Gasteiger partial charge on any atom is -0.335 e. The zero-order chi connectivity index (χ0) is 24.7. The van der Waals surface area contributed by atoms with Gasteiger partial charge in [-0.05, 0) is 17.2 Å². The molecule has 7 heteroatoms. The van der Waals surface area contributed by atoms with E-state index in [4.69, 9.17) is 0 Å². The highest BCUT2D eigenvalue weighted by Gasteiger charge is 2.33. The van der Waals surface area contributed by atoms with E-state index >= 15 is 0 Å². The van der Waals surface area contributed by atoms with Crippen LogP contribution in [0.4, 0.5) is 22.0 Å². The first-order valence-corrected chi connectivity index (χ1v) is 10.7. The van der Waals surface area contributed by atoms with E-state index < -0.39 is 40.4 Å². The summed E-state index contributed by atoms with van der Waals surface area (Å²) in [6, 6.07) is 24.7. The Morgan fingerprint density at radius 2 is 1.11 bits per heavy atom. The van der Waals surface area contributed by atoms with Gasteiger partial charge in [0, 0.05) is 17.4 Å². The largest absolute Gasteiger partial charge is 0.335 e. The Hall–Kier alpha value is -4.26. The second-order valence-corrected chi connectivity index (χ2v) is 7.95. The number of hydrogen-bond donors (Lipinski definition) is 0. The highest BCUT2D eigenvalue weighted by molar-refractivity contribution is 6.21. The molecule has 0 aliphatic carbocycles. The maximum atomic E-state index is 14.7. The lowest BCUT2D eigenvalue weighted by Crippen LogP contribution is -2.14. The molecule has 1 aromatic heterocycles. The molecule has 0 radical (unpaired) electrons. The number of para-hydroxylation sites is 1. The molecule has 0 fully saturated rings. The quantitative estimate of drug-likeness (QED) is 0.113. The van der Waals surface area contributed by atoms with Crippen molar-refractivity contribution in [3.63, 3.8) is 0 Å². The molecule has 0 atom stereocenters. The van der Waals surface area contributed by atoms with Gasteiger partial charge in [0.2, 0.25) is 11.6 Å². The third kappa shape index (κ3) is 3.69. The molecule has 0 amide bonds. The van der Waals surface area contributed by atoms with E-state index in [1.807, 2.05) is 30.3 Å². The normalized spacial score (nSPS) is 11.2. The lowest BCUT2D eigenvalue weighted by molar-refractivity contribution is 0.103. The Kier molecular flexibility index (Phi) is 5.68. The van der Waals surface area contributed by atoms with E-state index in [-0.39, 0.29) is 5.56 Å². The molecular weight excluding hydrogens is 461 g/mol. The van der Waals surface area contributed by atoms with Crippen LogP contribution in [-0.4, -0.2) is 10.4 Å². The van der Waals surface area contributed by atoms with Gasteiger partial charge >= 0.3 is 0 Å². The van der Waals surface area contributed by atoms with Crippen LogP contribution >= 0.6 is 0 Å². The van der Waals surface area contributed by atoms with Crippen LogP contribution in [0.5, 0.6) is 0 Å². The predicted molar refractivity (Wildman–Crippen MR) is 123 cm³/mol. The van der Waals surface area contributed by atoms with Crippen molar-refractivity contribution in [2.24, 2.45) is 0 Å². The van der Waals surface area contributed by atoms with Gasteiger partial charge in [0.1, 0.15) is 5.56 Å². The summed E-state index contributed by atoms with van der Waals surface area (Å²) < 4.78 is 72.8. The number of halogens is 5. The smallest absolute Gasteiger partial charge is 0.201 e. The van der Waals surface area contributed by atoms with E-state index in [1.165, 1.54) is 0 Å². The van der Waals surface area contributed by atoms with E-state index in [1.54, 1.807) is 59.2 Å². The van der Waals surface area contributed by atoms with Gasteiger partial charge in [-0.1, -0.05) is 78.9 Å². The SMILES string of the molecule is O=C(c1c(F)c(F)c(F)c(F)c1F)c1c(-c2ccccc2)n(Cc2ccccc2)c2ccccc12. The van der Waals surface area contributed by atoms with Crippen molar-refractivity contribution in [3.05, 3.63) is 131 Å². The number of carbonyl (C=O) groups excluding carboxylic acids is 1. The van der Waals surface area contributed by atoms with E-state index in [9.17, 15) is 26.7 Å². The minimum atomic E-state index is -2.31. The maximum Gasteiger partial charge on any atom is 0.201 e. The first-order chi connectivity index (χ1) is 16.9. The van der Waals surface area contributed by atoms with Crippen LogP contribution in [-0.2, 0) is 6.54 Å². The highest BCUT2D eigenvalue weighted by atomic mass is 19.2. The standard InChI is InChI=1S/C28H16F5NO/c29-22-21(23(30)25(32)26(33)24(22)31)28(35)20-18-13-7-8-14-19(18)34(15-16-9-3-1-4-10-16)27(20)17-11-5-2-6-12-17/h1-14H,15H2. The summed E-state index contributed by atoms with van der Waals surface area (Å²) in [6.45, 7) is 0.302. The third-order valence-electron chi connectivity index (χ3n) is 5.87. The minimum absolute atomic E-state index is 0.147. The number of hydrogen-bond acceptors (Lipinski definition) is 1. The van der Waals surface area contributed by atoms with Gasteiger partial charge in [0.25, 0.3) is 0 Å². The van der Waals surface area contributed by atoms with Crippen molar-refractivity contribution in [2.45, 2.75) is 6.54 Å². The first-order valence-electron chi connectivity index (χ1n) is 10.7. The molecule has 174 valence electrons. The van der Waals surface area contributed by atoms with E-state index in [0.717, 1.165) is 5.56 Å². The van der Waals surface area contributed by atoms with Crippen molar-refractivity contribution < 1.29 is 26.7 Å². The second-order valence-electron chi connectivity index (χ2n) is 7.95. The molecule has 0 unspecified atom stereocenters. The van der Waals surface area contributed by atoms with E-state index in [0.29, 0.717) is 28.7 Å². The number of carbonyl (C=O) groups is 1. The Bertz CT molecular complexity index is 1550. The Balaban J connectivity index is 1.86. The Labute approximate surface area is 196 Å². The van der Waals surface area contributed by atoms with Crippen molar-refractivity contribution >= 4 is 16.7 Å². The molecule has 1 heterocycles. The first kappa shape index (κ1) is 22.5. The monoisotopic (exact) mass is 477 g/mol. The summed E-state index contributed by atoms with van der Waals surface area (Å²) in [7, 11) is 0. The van der Waals surface area contributed by atoms with Crippen molar-refractivity contribution in [1.29, 1.82) is 0 Å². The topological polar surface area (TPSA) is 22.0 Å². The average Bonchev–Trinajstić information content (AvgIpc) is 3.21. The predicted octanol–water partition coefficient (Wildman–Crippen LogP) is 7.28. The van der Waals surface area contributed by atoms with Gasteiger partial charge in [0.15, 0.2) is 23.3 Å². The Morgan fingerprint density at radius 3 is 1.74 bits per heavy atom. The van der Waals surface area contributed by atoms with Crippen LogP contribution < -0.4 is 0 Å². The average molecular weight is 477 g/mol. The number of aromatic nitrogens is 1. The molecule has 0 aliphatic rings. The number of nitrogens with zero attached hydrogens (tertiary/aromatic N) is 1. The zero-order valence-electron chi connectivity index (χ0n) is 18.0. The van der Waals surface area contributed by atoms with Crippen LogP contribution in [0.25, 0.3) is 22.2 Å². The van der Waals surface area contributed by atoms with Gasteiger partial charge < -0.3 is 4.57 Å². The zero-order valence-corrected chi connectivity index (χ0v) is 18.0. The molecule has 0 bridgehead atoms. The third-order valence-corrected chi connectivity index (χ3v) is 5.87. The second kappa shape index (κ2) is 8.83. The molecule has 0 saturated heterocycles. The molecule has 4 aromatic carbocycles. The molecule has 5 aromatic rings. The number of benzene rings is 4. The summed E-state index contributed by atoms with van der Waals surface area (Å²) in [5.41, 5.74) is 0.687. The molecule has 5 rings (SSSR count). The summed E-state index contributed by atoms with van der Waals surface area (Å²) >= 11 is 0. The van der Waals surface area contributed by atoms with Crippen LogP contribution in [0.3, 0.4) is 0 Å². The summed E-state index contributed by atoms with van der Waals surface area (Å²) in [5.74, 6) is -12.3. The van der Waals surface area contributed by atoms with Gasteiger partial charge in [-0.25, -0.2) is 22.0 Å². The molecular formula is C28H16F5NO. The van der Waals surface area contributed by atoms with E-state index in [2.05, 4.69) is 0 Å². The molecule has 0 spiro atoms. The van der Waals surface area contributed by atoms with Crippen LogP contribution in [0.1, 0.15) is 21.5 Å². The lowest BCUT2D eigenvalue weighted by atomic mass is 9.96. The van der Waals surface area contributed by atoms with Crippen molar-refractivity contribution in [2.75, 3.05) is 0 Å². The summed E-state index contributed by atoms with van der Waals surface area (Å²) in [4.78, 5) is 13.6. The fourth-order valence-electron chi connectivity index (χ4n) is 4.29. The van der Waals surface area contributed by atoms with Crippen molar-refractivity contribution in [1.82, 2.24) is 4.57 Å². The van der Waals surface area contributed by atoms with Crippen LogP contribution in [0, 0.1) is 29.1 Å². The lowest BCUT2D eigenvalue weighted by Gasteiger charge is -2.13. The number of rotatable bonds is 5. The van der Waals surface area contributed by atoms with Gasteiger partial charge in [-0.15, -0.1) is 0 Å². The fraction of sp³-hybridized carbons (Fsp3) is 0.0357. The maximum absolute atomic E-state index is 14.7. The number of fused-ring (bicyclic) bond motifs is 1. The van der Waals surface area contributed by atoms with Gasteiger partial charge in [-0.2, -0.15) is 0 Å². The molecule has 0 saturated carbocycles. The van der Waals surface area contributed by atoms with Crippen molar-refractivity contribution in [3.8, 4) is 11.3 Å². The van der Waals surface area contributed by atoms with Crippen LogP contribution in [0.2, 0.25) is 0 Å².